The van der Waals surface area contributed by atoms with Gasteiger partial charge in [-0.1, -0.05) is 22.4 Å². The highest BCUT2D eigenvalue weighted by Gasteiger charge is 2.28. The monoisotopic (exact) mass is 333 g/mol. The van der Waals surface area contributed by atoms with Gasteiger partial charge in [-0.15, -0.1) is 0 Å². The van der Waals surface area contributed by atoms with E-state index in [1.807, 2.05) is 0 Å². The number of halogens is 1. The van der Waals surface area contributed by atoms with Crippen LogP contribution in [0.15, 0.2) is 39.6 Å². The lowest BCUT2D eigenvalue weighted by atomic mass is 10.0. The Morgan fingerprint density at radius 1 is 1.30 bits per heavy atom. The first-order valence-electron chi connectivity index (χ1n) is 6.35. The number of nitro groups is 1. The van der Waals surface area contributed by atoms with Crippen molar-refractivity contribution in [3.8, 4) is 22.6 Å². The highest BCUT2D eigenvalue weighted by atomic mass is 35.5. The van der Waals surface area contributed by atoms with Crippen molar-refractivity contribution in [2.75, 3.05) is 0 Å². The van der Waals surface area contributed by atoms with Crippen molar-refractivity contribution in [2.45, 2.75) is 6.92 Å². The van der Waals surface area contributed by atoms with Crippen LogP contribution in [0, 0.1) is 17.0 Å². The first-order chi connectivity index (χ1) is 11.0. The van der Waals surface area contributed by atoms with Gasteiger partial charge in [-0.05, 0) is 24.6 Å². The number of aryl methyl sites for hydroxylation is 1. The number of nitrogens with zero attached hydrogens (tertiary/aromatic N) is 3. The average Bonchev–Trinajstić information content (AvgIpc) is 3.13. The minimum atomic E-state index is -0.768. The molecule has 8 nitrogen and oxygen atoms in total. The van der Waals surface area contributed by atoms with Crippen molar-refractivity contribution >= 4 is 22.5 Å². The van der Waals surface area contributed by atoms with Crippen LogP contribution in [-0.4, -0.2) is 20.5 Å². The van der Waals surface area contributed by atoms with Gasteiger partial charge in [0, 0.05) is 6.07 Å². The zero-order valence-corrected chi connectivity index (χ0v) is 12.4. The maximum absolute atomic E-state index is 11.5. The molecule has 0 saturated heterocycles. The zero-order chi connectivity index (χ0) is 16.6. The number of nitro benzene ring substituents is 1. The summed E-state index contributed by atoms with van der Waals surface area (Å²) in [5, 5.41) is 18.0. The first-order valence-corrected chi connectivity index (χ1v) is 6.73. The summed E-state index contributed by atoms with van der Waals surface area (Å²) >= 11 is 5.50. The fourth-order valence-electron chi connectivity index (χ4n) is 2.21. The summed E-state index contributed by atoms with van der Waals surface area (Å²) in [6.07, 6.45) is 1.10. The highest BCUT2D eigenvalue weighted by molar-refractivity contribution is 6.68. The second-order valence-electron chi connectivity index (χ2n) is 4.60. The number of carbonyl (C=O) groups excluding carboxylic acids is 1. The Morgan fingerprint density at radius 3 is 2.74 bits per heavy atom. The molecule has 0 atom stereocenters. The predicted octanol–water partition coefficient (Wildman–Crippen LogP) is 3.59. The van der Waals surface area contributed by atoms with Gasteiger partial charge in [-0.2, -0.15) is 0 Å². The van der Waals surface area contributed by atoms with E-state index in [0.29, 0.717) is 11.3 Å². The summed E-state index contributed by atoms with van der Waals surface area (Å²) in [6.45, 7) is 1.62. The molecule has 0 aliphatic heterocycles. The van der Waals surface area contributed by atoms with Crippen LogP contribution in [0.5, 0.6) is 0 Å². The zero-order valence-electron chi connectivity index (χ0n) is 11.6. The molecular weight excluding hydrogens is 326 g/mol. The van der Waals surface area contributed by atoms with Crippen molar-refractivity contribution in [1.29, 1.82) is 0 Å². The molecule has 3 aromatic rings. The number of aromatic nitrogens is 2. The molecule has 116 valence electrons. The number of rotatable bonds is 4. The van der Waals surface area contributed by atoms with Crippen LogP contribution in [-0.2, 0) is 0 Å². The maximum atomic E-state index is 11.5. The normalized spacial score (nSPS) is 10.7. The summed E-state index contributed by atoms with van der Waals surface area (Å²) in [5.41, 5.74) is 0.911. The van der Waals surface area contributed by atoms with E-state index < -0.39 is 10.2 Å². The molecule has 0 N–H and O–H groups in total. The second kappa shape index (κ2) is 5.65. The van der Waals surface area contributed by atoms with Crippen molar-refractivity contribution < 1.29 is 18.8 Å². The summed E-state index contributed by atoms with van der Waals surface area (Å²) < 4.78 is 10.0. The van der Waals surface area contributed by atoms with E-state index in [4.69, 9.17) is 20.6 Å². The summed E-state index contributed by atoms with van der Waals surface area (Å²) in [7, 11) is 0. The predicted molar refractivity (Wildman–Crippen MR) is 79.0 cm³/mol. The van der Waals surface area contributed by atoms with E-state index in [9.17, 15) is 14.9 Å². The first kappa shape index (κ1) is 14.9. The molecule has 9 heteroatoms. The molecule has 0 saturated carbocycles. The van der Waals surface area contributed by atoms with Crippen LogP contribution < -0.4 is 0 Å². The van der Waals surface area contributed by atoms with E-state index in [-0.39, 0.29) is 28.3 Å². The third kappa shape index (κ3) is 2.49. The van der Waals surface area contributed by atoms with Crippen molar-refractivity contribution in [3.05, 3.63) is 51.9 Å². The van der Waals surface area contributed by atoms with Crippen molar-refractivity contribution in [3.63, 3.8) is 0 Å². The molecule has 23 heavy (non-hydrogen) atoms. The second-order valence-corrected chi connectivity index (χ2v) is 4.94. The molecule has 3 rings (SSSR count). The minimum Gasteiger partial charge on any atom is -0.363 e. The number of hydrogen-bond acceptors (Lipinski definition) is 7. The average molecular weight is 334 g/mol. The van der Waals surface area contributed by atoms with Gasteiger partial charge >= 0.3 is 0 Å². The van der Waals surface area contributed by atoms with Crippen LogP contribution in [0.3, 0.4) is 0 Å². The quantitative estimate of drug-likeness (QED) is 0.407. The van der Waals surface area contributed by atoms with Crippen LogP contribution in [0.1, 0.15) is 16.1 Å². The number of para-hydroxylation sites is 1. The van der Waals surface area contributed by atoms with Crippen LogP contribution in [0.4, 0.5) is 5.69 Å². The van der Waals surface area contributed by atoms with Crippen LogP contribution >= 0.6 is 11.6 Å². The lowest BCUT2D eigenvalue weighted by Crippen LogP contribution is -1.95. The number of benzene rings is 1. The van der Waals surface area contributed by atoms with E-state index in [1.54, 1.807) is 13.0 Å². The Hall–Kier alpha value is -3.00. The summed E-state index contributed by atoms with van der Waals surface area (Å²) in [5.74, 6) is 0.114. The summed E-state index contributed by atoms with van der Waals surface area (Å²) in [4.78, 5) is 22.1. The Labute approximate surface area is 133 Å². The van der Waals surface area contributed by atoms with Gasteiger partial charge in [0.2, 0.25) is 0 Å². The van der Waals surface area contributed by atoms with Crippen molar-refractivity contribution in [1.82, 2.24) is 10.3 Å². The molecule has 0 bridgehead atoms. The van der Waals surface area contributed by atoms with Crippen molar-refractivity contribution in [2.24, 2.45) is 0 Å². The Balaban J connectivity index is 2.27. The molecule has 0 aliphatic rings. The highest BCUT2D eigenvalue weighted by Crippen LogP contribution is 2.39. The molecule has 0 amide bonds. The third-order valence-electron chi connectivity index (χ3n) is 3.23. The van der Waals surface area contributed by atoms with Gasteiger partial charge in [0.15, 0.2) is 5.76 Å². The van der Waals surface area contributed by atoms with E-state index in [2.05, 4.69) is 10.3 Å². The Morgan fingerprint density at radius 2 is 2.04 bits per heavy atom. The summed E-state index contributed by atoms with van der Waals surface area (Å²) in [6, 6.07) is 6.02. The molecule has 0 fully saturated rings. The molecule has 2 aromatic heterocycles. The van der Waals surface area contributed by atoms with E-state index >= 15 is 0 Å². The van der Waals surface area contributed by atoms with E-state index in [0.717, 1.165) is 6.26 Å². The topological polar surface area (TPSA) is 112 Å². The molecule has 0 radical (unpaired) electrons. The van der Waals surface area contributed by atoms with Gasteiger partial charge in [0.25, 0.3) is 10.9 Å². The third-order valence-corrected chi connectivity index (χ3v) is 3.43. The number of carbonyl (C=O) groups is 1. The largest absolute Gasteiger partial charge is 0.363 e. The van der Waals surface area contributed by atoms with E-state index in [1.165, 1.54) is 18.2 Å². The van der Waals surface area contributed by atoms with Gasteiger partial charge in [-0.25, -0.2) is 0 Å². The molecule has 2 heterocycles. The lowest BCUT2D eigenvalue weighted by molar-refractivity contribution is -0.384. The number of hydrogen-bond donors (Lipinski definition) is 0. The maximum Gasteiger partial charge on any atom is 0.280 e. The Bertz CT molecular complexity index is 915. The molecule has 1 aromatic carbocycles. The molecule has 0 aliphatic carbocycles. The fourth-order valence-corrected chi connectivity index (χ4v) is 2.35. The standard InChI is InChI=1S/C14H8ClN3O5/c1-7-11(12-9(14(15)19)6-22-17-12)13(23-16-7)8-4-2-3-5-10(8)18(20)21/h2-6H,1H3. The van der Waals surface area contributed by atoms with Crippen LogP contribution in [0.2, 0.25) is 0 Å². The van der Waals surface area contributed by atoms with Gasteiger partial charge < -0.3 is 9.05 Å². The van der Waals surface area contributed by atoms with Gasteiger partial charge in [0.1, 0.15) is 17.5 Å². The lowest BCUT2D eigenvalue weighted by Gasteiger charge is -2.02. The minimum absolute atomic E-state index is 0.0257. The molecule has 0 spiro atoms. The fraction of sp³-hybridized carbons (Fsp3) is 0.0714. The SMILES string of the molecule is Cc1noc(-c2ccccc2[N+](=O)[O-])c1-c1nocc1C(=O)Cl. The Kier molecular flexibility index (Phi) is 3.67. The molecular formula is C14H8ClN3O5. The smallest absolute Gasteiger partial charge is 0.280 e. The van der Waals surface area contributed by atoms with Gasteiger partial charge in [0.05, 0.1) is 21.7 Å². The van der Waals surface area contributed by atoms with Gasteiger partial charge in [-0.3, -0.25) is 14.9 Å². The molecule has 0 unspecified atom stereocenters. The van der Waals surface area contributed by atoms with Crippen LogP contribution in [0.25, 0.3) is 22.6 Å².